The predicted molar refractivity (Wildman–Crippen MR) is 92.8 cm³/mol. The van der Waals surface area contributed by atoms with E-state index in [-0.39, 0.29) is 18.7 Å². The summed E-state index contributed by atoms with van der Waals surface area (Å²) in [5, 5.41) is 0. The van der Waals surface area contributed by atoms with E-state index in [0.29, 0.717) is 0 Å². The average molecular weight is 355 g/mol. The smallest absolute Gasteiger partial charge is 0.254 e. The number of carbonyl (C=O) groups is 1. The summed E-state index contributed by atoms with van der Waals surface area (Å²) in [6.07, 6.45) is 0. The Kier molecular flexibility index (Phi) is 5.37. The Morgan fingerprint density at radius 2 is 1.15 bits per heavy atom. The Morgan fingerprint density at radius 1 is 0.731 bits per heavy atom. The van der Waals surface area contributed by atoms with Gasteiger partial charge in [-0.05, 0) is 23.3 Å². The third-order valence-corrected chi connectivity index (χ3v) is 3.95. The molecule has 0 aliphatic rings. The highest BCUT2D eigenvalue weighted by Crippen LogP contribution is 2.18. The van der Waals surface area contributed by atoms with E-state index in [0.717, 1.165) is 23.3 Å². The molecule has 132 valence electrons. The van der Waals surface area contributed by atoms with E-state index >= 15 is 0 Å². The van der Waals surface area contributed by atoms with E-state index in [2.05, 4.69) is 0 Å². The molecular weight excluding hydrogens is 339 g/mol. The summed E-state index contributed by atoms with van der Waals surface area (Å²) in [5.41, 5.74) is 1.52. The number of rotatable bonds is 5. The summed E-state index contributed by atoms with van der Waals surface area (Å²) in [4.78, 5) is 14.3. The van der Waals surface area contributed by atoms with Gasteiger partial charge in [0.2, 0.25) is 0 Å². The first kappa shape index (κ1) is 17.7. The van der Waals surface area contributed by atoms with Crippen molar-refractivity contribution in [2.24, 2.45) is 0 Å². The van der Waals surface area contributed by atoms with Crippen molar-refractivity contribution in [3.63, 3.8) is 0 Å². The highest BCUT2D eigenvalue weighted by atomic mass is 19.2. The minimum Gasteiger partial charge on any atom is -0.330 e. The maximum atomic E-state index is 13.5. The van der Waals surface area contributed by atoms with Crippen molar-refractivity contribution in [2.45, 2.75) is 13.1 Å². The largest absolute Gasteiger partial charge is 0.330 e. The summed E-state index contributed by atoms with van der Waals surface area (Å²) in [6.45, 7) is 0.518. The van der Waals surface area contributed by atoms with Gasteiger partial charge in [0.15, 0.2) is 17.5 Å². The van der Waals surface area contributed by atoms with Gasteiger partial charge in [0.05, 0.1) is 0 Å². The molecule has 3 aromatic carbocycles. The molecule has 0 radical (unpaired) electrons. The van der Waals surface area contributed by atoms with Crippen LogP contribution in [0.3, 0.4) is 0 Å². The zero-order valence-corrected chi connectivity index (χ0v) is 13.8. The number of nitrogens with zero attached hydrogens (tertiary/aromatic N) is 1. The van der Waals surface area contributed by atoms with E-state index in [1.807, 2.05) is 60.7 Å². The van der Waals surface area contributed by atoms with E-state index in [4.69, 9.17) is 0 Å². The molecule has 1 amide bonds. The summed E-state index contributed by atoms with van der Waals surface area (Å²) in [6, 6.07) is 20.0. The molecule has 0 aliphatic carbocycles. The molecule has 5 heteroatoms. The van der Waals surface area contributed by atoms with Gasteiger partial charge < -0.3 is 4.90 Å². The summed E-state index contributed by atoms with van der Waals surface area (Å²) in [5.74, 6) is -4.92. The molecule has 3 rings (SSSR count). The van der Waals surface area contributed by atoms with Gasteiger partial charge in [-0.3, -0.25) is 4.79 Å². The second-order valence-corrected chi connectivity index (χ2v) is 5.89. The Bertz CT molecular complexity index is 833. The van der Waals surface area contributed by atoms with Gasteiger partial charge >= 0.3 is 0 Å². The van der Waals surface area contributed by atoms with Crippen molar-refractivity contribution in [1.82, 2.24) is 4.90 Å². The first-order chi connectivity index (χ1) is 12.5. The lowest BCUT2D eigenvalue weighted by Gasteiger charge is -2.23. The molecule has 0 fully saturated rings. The highest BCUT2D eigenvalue weighted by Gasteiger charge is 2.20. The number of benzene rings is 3. The van der Waals surface area contributed by atoms with Crippen molar-refractivity contribution in [3.05, 3.63) is 107 Å². The quantitative estimate of drug-likeness (QED) is 0.593. The fraction of sp³-hybridized carbons (Fsp3) is 0.0952. The number of halogens is 3. The summed E-state index contributed by atoms with van der Waals surface area (Å²) < 4.78 is 40.3. The molecule has 0 saturated carbocycles. The first-order valence-corrected chi connectivity index (χ1v) is 8.06. The van der Waals surface area contributed by atoms with Gasteiger partial charge in [-0.15, -0.1) is 0 Å². The average Bonchev–Trinajstić information content (AvgIpc) is 2.66. The van der Waals surface area contributed by atoms with Crippen LogP contribution < -0.4 is 0 Å². The minimum absolute atomic E-state index is 0.228. The second kappa shape index (κ2) is 7.87. The van der Waals surface area contributed by atoms with Crippen LogP contribution in [0, 0.1) is 17.5 Å². The molecule has 0 unspecified atom stereocenters. The topological polar surface area (TPSA) is 20.3 Å². The molecule has 0 atom stereocenters. The van der Waals surface area contributed by atoms with Gasteiger partial charge in [0.25, 0.3) is 5.91 Å². The zero-order chi connectivity index (χ0) is 18.5. The maximum Gasteiger partial charge on any atom is 0.254 e. The number of amides is 1. The van der Waals surface area contributed by atoms with Crippen LogP contribution in [0.2, 0.25) is 0 Å². The van der Waals surface area contributed by atoms with Crippen LogP contribution in [0.15, 0.2) is 72.8 Å². The molecule has 0 N–H and O–H groups in total. The lowest BCUT2D eigenvalue weighted by molar-refractivity contribution is 0.0728. The van der Waals surface area contributed by atoms with Crippen LogP contribution in [0.1, 0.15) is 21.5 Å². The summed E-state index contributed by atoms with van der Waals surface area (Å²) >= 11 is 0. The molecule has 0 aromatic heterocycles. The van der Waals surface area contributed by atoms with Crippen LogP contribution in [-0.2, 0) is 13.1 Å². The van der Waals surface area contributed by atoms with E-state index in [1.165, 1.54) is 4.90 Å². The maximum absolute atomic E-state index is 13.5. The Balaban J connectivity index is 1.92. The first-order valence-electron chi connectivity index (χ1n) is 8.06. The van der Waals surface area contributed by atoms with Gasteiger partial charge in [-0.2, -0.15) is 0 Å². The molecule has 0 spiro atoms. The number of carbonyl (C=O) groups excluding carboxylic acids is 1. The standard InChI is InChI=1S/C21H16F3NO/c22-18-11-17(12-19(23)20(18)24)21(26)25(13-15-7-3-1-4-8-15)14-16-9-5-2-6-10-16/h1-12H,13-14H2. The lowest BCUT2D eigenvalue weighted by Crippen LogP contribution is -2.30. The fourth-order valence-corrected chi connectivity index (χ4v) is 2.67. The lowest BCUT2D eigenvalue weighted by atomic mass is 10.1. The van der Waals surface area contributed by atoms with E-state index in [1.54, 1.807) is 0 Å². The number of hydrogen-bond donors (Lipinski definition) is 0. The monoisotopic (exact) mass is 355 g/mol. The van der Waals surface area contributed by atoms with Crippen LogP contribution >= 0.6 is 0 Å². The number of hydrogen-bond acceptors (Lipinski definition) is 1. The van der Waals surface area contributed by atoms with Crippen molar-refractivity contribution < 1.29 is 18.0 Å². The normalized spacial score (nSPS) is 10.6. The van der Waals surface area contributed by atoms with Crippen molar-refractivity contribution >= 4 is 5.91 Å². The molecule has 2 nitrogen and oxygen atoms in total. The Labute approximate surface area is 149 Å². The van der Waals surface area contributed by atoms with Gasteiger partial charge in [0.1, 0.15) is 0 Å². The fourth-order valence-electron chi connectivity index (χ4n) is 2.67. The molecule has 0 bridgehead atoms. The minimum atomic E-state index is -1.58. The third kappa shape index (κ3) is 4.11. The Morgan fingerprint density at radius 3 is 1.58 bits per heavy atom. The van der Waals surface area contributed by atoms with Gasteiger partial charge in [-0.1, -0.05) is 60.7 Å². The molecule has 3 aromatic rings. The molecule has 26 heavy (non-hydrogen) atoms. The molecule has 0 aliphatic heterocycles. The van der Waals surface area contributed by atoms with Gasteiger partial charge in [-0.25, -0.2) is 13.2 Å². The second-order valence-electron chi connectivity index (χ2n) is 5.89. The molecule has 0 saturated heterocycles. The highest BCUT2D eigenvalue weighted by molar-refractivity contribution is 5.94. The molecular formula is C21H16F3NO. The summed E-state index contributed by atoms with van der Waals surface area (Å²) in [7, 11) is 0. The van der Waals surface area contributed by atoms with Crippen LogP contribution in [0.25, 0.3) is 0 Å². The Hall–Kier alpha value is -3.08. The van der Waals surface area contributed by atoms with Crippen LogP contribution in [0.5, 0.6) is 0 Å². The van der Waals surface area contributed by atoms with Crippen LogP contribution in [0.4, 0.5) is 13.2 Å². The third-order valence-electron chi connectivity index (χ3n) is 3.95. The van der Waals surface area contributed by atoms with E-state index in [9.17, 15) is 18.0 Å². The van der Waals surface area contributed by atoms with Crippen molar-refractivity contribution in [2.75, 3.05) is 0 Å². The van der Waals surface area contributed by atoms with Crippen molar-refractivity contribution in [3.8, 4) is 0 Å². The van der Waals surface area contributed by atoms with Crippen molar-refractivity contribution in [1.29, 1.82) is 0 Å². The molecule has 0 heterocycles. The predicted octanol–water partition coefficient (Wildman–Crippen LogP) is 4.95. The van der Waals surface area contributed by atoms with Crippen LogP contribution in [-0.4, -0.2) is 10.8 Å². The van der Waals surface area contributed by atoms with E-state index < -0.39 is 23.4 Å². The SMILES string of the molecule is O=C(c1cc(F)c(F)c(F)c1)N(Cc1ccccc1)Cc1ccccc1. The zero-order valence-electron chi connectivity index (χ0n) is 13.8. The van der Waals surface area contributed by atoms with Gasteiger partial charge in [0, 0.05) is 18.7 Å².